The van der Waals surface area contributed by atoms with Crippen LogP contribution in [0.1, 0.15) is 25.3 Å². The van der Waals surface area contributed by atoms with Gasteiger partial charge in [-0.1, -0.05) is 42.4 Å². The average molecular weight is 276 g/mol. The SMILES string of the molecule is CC(CCO)CNC(=O)C1CC(c2ccccc2)=NO1. The second kappa shape index (κ2) is 7.05. The zero-order valence-corrected chi connectivity index (χ0v) is 11.6. The van der Waals surface area contributed by atoms with Gasteiger partial charge >= 0.3 is 0 Å². The molecule has 20 heavy (non-hydrogen) atoms. The molecule has 0 saturated carbocycles. The summed E-state index contributed by atoms with van der Waals surface area (Å²) in [6.07, 6.45) is 0.619. The van der Waals surface area contributed by atoms with E-state index in [2.05, 4.69) is 10.5 Å². The molecule has 5 nitrogen and oxygen atoms in total. The van der Waals surface area contributed by atoms with Crippen LogP contribution in [0.25, 0.3) is 0 Å². The van der Waals surface area contributed by atoms with Crippen molar-refractivity contribution in [2.45, 2.75) is 25.9 Å². The normalized spacial score (nSPS) is 19.1. The molecular formula is C15H20N2O3. The first kappa shape index (κ1) is 14.5. The molecule has 2 rings (SSSR count). The predicted molar refractivity (Wildman–Crippen MR) is 76.3 cm³/mol. The van der Waals surface area contributed by atoms with E-state index in [-0.39, 0.29) is 18.4 Å². The third-order valence-electron chi connectivity index (χ3n) is 3.31. The van der Waals surface area contributed by atoms with Crippen molar-refractivity contribution in [3.05, 3.63) is 35.9 Å². The minimum Gasteiger partial charge on any atom is -0.396 e. The number of rotatable bonds is 6. The zero-order valence-electron chi connectivity index (χ0n) is 11.6. The van der Waals surface area contributed by atoms with Crippen molar-refractivity contribution in [2.24, 2.45) is 11.1 Å². The fourth-order valence-electron chi connectivity index (χ4n) is 2.03. The highest BCUT2D eigenvalue weighted by atomic mass is 16.6. The molecule has 5 heteroatoms. The van der Waals surface area contributed by atoms with Gasteiger partial charge in [-0.3, -0.25) is 4.79 Å². The van der Waals surface area contributed by atoms with Crippen LogP contribution in [0.2, 0.25) is 0 Å². The lowest BCUT2D eigenvalue weighted by atomic mass is 10.0. The van der Waals surface area contributed by atoms with Gasteiger partial charge in [-0.2, -0.15) is 0 Å². The van der Waals surface area contributed by atoms with Crippen LogP contribution in [0.5, 0.6) is 0 Å². The molecule has 1 aliphatic rings. The lowest BCUT2D eigenvalue weighted by Crippen LogP contribution is -2.37. The summed E-state index contributed by atoms with van der Waals surface area (Å²) in [6.45, 7) is 2.66. The Labute approximate surface area is 118 Å². The van der Waals surface area contributed by atoms with E-state index in [0.29, 0.717) is 19.4 Å². The Morgan fingerprint density at radius 2 is 2.25 bits per heavy atom. The van der Waals surface area contributed by atoms with E-state index in [0.717, 1.165) is 11.3 Å². The summed E-state index contributed by atoms with van der Waals surface area (Å²) in [5, 5.41) is 15.6. The summed E-state index contributed by atoms with van der Waals surface area (Å²) in [5.41, 5.74) is 1.78. The van der Waals surface area contributed by atoms with Crippen LogP contribution >= 0.6 is 0 Å². The molecule has 0 aromatic heterocycles. The quantitative estimate of drug-likeness (QED) is 0.823. The number of oxime groups is 1. The molecule has 2 N–H and O–H groups in total. The Bertz CT molecular complexity index is 473. The lowest BCUT2D eigenvalue weighted by molar-refractivity contribution is -0.131. The molecule has 1 heterocycles. The highest BCUT2D eigenvalue weighted by molar-refractivity contribution is 6.04. The maximum absolute atomic E-state index is 12.0. The third-order valence-corrected chi connectivity index (χ3v) is 3.31. The molecule has 108 valence electrons. The van der Waals surface area contributed by atoms with Crippen LogP contribution in [-0.2, 0) is 9.63 Å². The van der Waals surface area contributed by atoms with Crippen LogP contribution in [0.4, 0.5) is 0 Å². The first-order chi connectivity index (χ1) is 9.70. The van der Waals surface area contributed by atoms with Crippen molar-refractivity contribution in [2.75, 3.05) is 13.2 Å². The third kappa shape index (κ3) is 3.81. The Morgan fingerprint density at radius 1 is 1.50 bits per heavy atom. The highest BCUT2D eigenvalue weighted by Gasteiger charge is 2.28. The van der Waals surface area contributed by atoms with Gasteiger partial charge in [0.25, 0.3) is 5.91 Å². The van der Waals surface area contributed by atoms with E-state index in [4.69, 9.17) is 9.94 Å². The summed E-state index contributed by atoms with van der Waals surface area (Å²) in [6, 6.07) is 9.70. The summed E-state index contributed by atoms with van der Waals surface area (Å²) < 4.78 is 0. The Kier molecular flexibility index (Phi) is 5.12. The van der Waals surface area contributed by atoms with Crippen LogP contribution < -0.4 is 5.32 Å². The minimum atomic E-state index is -0.550. The van der Waals surface area contributed by atoms with Crippen LogP contribution in [-0.4, -0.2) is 36.0 Å². The molecule has 1 aliphatic heterocycles. The molecule has 0 fully saturated rings. The Morgan fingerprint density at radius 3 is 2.95 bits per heavy atom. The van der Waals surface area contributed by atoms with Gasteiger partial charge in [0, 0.05) is 19.6 Å². The number of hydrogen-bond acceptors (Lipinski definition) is 4. The van der Waals surface area contributed by atoms with Gasteiger partial charge in [0.2, 0.25) is 6.10 Å². The Hall–Kier alpha value is -1.88. The summed E-state index contributed by atoms with van der Waals surface area (Å²) in [7, 11) is 0. The van der Waals surface area contributed by atoms with Crippen molar-refractivity contribution < 1.29 is 14.7 Å². The molecule has 0 aliphatic carbocycles. The van der Waals surface area contributed by atoms with Gasteiger partial charge in [0.1, 0.15) is 0 Å². The molecule has 2 unspecified atom stereocenters. The first-order valence-corrected chi connectivity index (χ1v) is 6.87. The van der Waals surface area contributed by atoms with Crippen LogP contribution in [0.15, 0.2) is 35.5 Å². The molecule has 0 spiro atoms. The molecular weight excluding hydrogens is 256 g/mol. The van der Waals surface area contributed by atoms with Crippen molar-refractivity contribution >= 4 is 11.6 Å². The van der Waals surface area contributed by atoms with Gasteiger partial charge in [0.15, 0.2) is 0 Å². The molecule has 1 aromatic rings. The van der Waals surface area contributed by atoms with E-state index in [1.165, 1.54) is 0 Å². The number of hydrogen-bond donors (Lipinski definition) is 2. The Balaban J connectivity index is 1.81. The van der Waals surface area contributed by atoms with Gasteiger partial charge in [-0.05, 0) is 17.9 Å². The maximum atomic E-state index is 12.0. The van der Waals surface area contributed by atoms with E-state index in [1.807, 2.05) is 37.3 Å². The van der Waals surface area contributed by atoms with Crippen LogP contribution in [0.3, 0.4) is 0 Å². The van der Waals surface area contributed by atoms with Crippen molar-refractivity contribution in [3.63, 3.8) is 0 Å². The van der Waals surface area contributed by atoms with Crippen molar-refractivity contribution in [1.82, 2.24) is 5.32 Å². The molecule has 0 saturated heterocycles. The first-order valence-electron chi connectivity index (χ1n) is 6.87. The van der Waals surface area contributed by atoms with Crippen LogP contribution in [0, 0.1) is 5.92 Å². The predicted octanol–water partition coefficient (Wildman–Crippen LogP) is 1.31. The highest BCUT2D eigenvalue weighted by Crippen LogP contribution is 2.16. The lowest BCUT2D eigenvalue weighted by Gasteiger charge is -2.13. The van der Waals surface area contributed by atoms with Gasteiger partial charge in [-0.15, -0.1) is 0 Å². The summed E-state index contributed by atoms with van der Waals surface area (Å²) in [4.78, 5) is 17.2. The number of carbonyl (C=O) groups excluding carboxylic acids is 1. The van der Waals surface area contributed by atoms with Gasteiger partial charge < -0.3 is 15.3 Å². The number of nitrogens with zero attached hydrogens (tertiary/aromatic N) is 1. The molecule has 2 atom stereocenters. The maximum Gasteiger partial charge on any atom is 0.264 e. The average Bonchev–Trinajstić information content (AvgIpc) is 2.96. The zero-order chi connectivity index (χ0) is 14.4. The van der Waals surface area contributed by atoms with E-state index >= 15 is 0 Å². The minimum absolute atomic E-state index is 0.137. The second-order valence-corrected chi connectivity index (χ2v) is 5.06. The number of amides is 1. The van der Waals surface area contributed by atoms with Gasteiger partial charge in [-0.25, -0.2) is 0 Å². The fourth-order valence-corrected chi connectivity index (χ4v) is 2.03. The molecule has 0 bridgehead atoms. The fraction of sp³-hybridized carbons (Fsp3) is 0.467. The standard InChI is InChI=1S/C15H20N2O3/c1-11(7-8-18)10-16-15(19)14-9-13(17-20-14)12-5-3-2-4-6-12/h2-6,11,14,18H,7-10H2,1H3,(H,16,19). The number of nitrogens with one attached hydrogen (secondary N) is 1. The number of carbonyl (C=O) groups is 1. The summed E-state index contributed by atoms with van der Waals surface area (Å²) in [5.74, 6) is 0.101. The number of benzene rings is 1. The molecule has 0 radical (unpaired) electrons. The van der Waals surface area contributed by atoms with Gasteiger partial charge in [0.05, 0.1) is 5.71 Å². The monoisotopic (exact) mass is 276 g/mol. The van der Waals surface area contributed by atoms with E-state index < -0.39 is 6.10 Å². The number of aliphatic hydroxyl groups excluding tert-OH is 1. The van der Waals surface area contributed by atoms with E-state index in [9.17, 15) is 4.79 Å². The smallest absolute Gasteiger partial charge is 0.264 e. The topological polar surface area (TPSA) is 70.9 Å². The van der Waals surface area contributed by atoms with Crippen molar-refractivity contribution in [1.29, 1.82) is 0 Å². The molecule has 1 amide bonds. The summed E-state index contributed by atoms with van der Waals surface area (Å²) >= 11 is 0. The number of aliphatic hydroxyl groups is 1. The van der Waals surface area contributed by atoms with Crippen molar-refractivity contribution in [3.8, 4) is 0 Å². The molecule has 1 aromatic carbocycles. The largest absolute Gasteiger partial charge is 0.396 e. The van der Waals surface area contributed by atoms with E-state index in [1.54, 1.807) is 0 Å². The second-order valence-electron chi connectivity index (χ2n) is 5.06.